The zero-order valence-corrected chi connectivity index (χ0v) is 40.9. The highest BCUT2D eigenvalue weighted by Gasteiger charge is 2.13. The minimum atomic E-state index is 0.00797. The van der Waals surface area contributed by atoms with Crippen LogP contribution in [-0.4, -0.2) is 62.9 Å². The smallest absolute Gasteiger partial charge is 0.305 e. The third-order valence-electron chi connectivity index (χ3n) is 13.0. The Balaban J connectivity index is 4.40. The first-order valence-electron chi connectivity index (χ1n) is 26.5. The molecule has 352 valence electrons. The summed E-state index contributed by atoms with van der Waals surface area (Å²) >= 11 is 0. The number of ether oxygens (including phenoxy) is 3. The molecule has 0 aliphatic heterocycles. The van der Waals surface area contributed by atoms with E-state index in [1.165, 1.54) is 173 Å². The van der Waals surface area contributed by atoms with Gasteiger partial charge in [0.05, 0.1) is 13.2 Å². The third-order valence-corrected chi connectivity index (χ3v) is 13.0. The largest absolute Gasteiger partial charge is 0.466 e. The van der Waals surface area contributed by atoms with Gasteiger partial charge in [0.2, 0.25) is 0 Å². The molecule has 59 heavy (non-hydrogen) atoms. The van der Waals surface area contributed by atoms with Gasteiger partial charge in [0.1, 0.15) is 0 Å². The molecule has 0 aliphatic rings. The molecule has 0 aromatic carbocycles. The molecule has 0 unspecified atom stereocenters. The van der Waals surface area contributed by atoms with Crippen LogP contribution in [-0.2, 0) is 23.8 Å². The molecule has 0 fully saturated rings. The summed E-state index contributed by atoms with van der Waals surface area (Å²) in [6.07, 6.45) is 41.7. The van der Waals surface area contributed by atoms with Gasteiger partial charge in [0.15, 0.2) is 0 Å². The molecule has 0 rings (SSSR count). The lowest BCUT2D eigenvalue weighted by atomic mass is 9.91. The van der Waals surface area contributed by atoms with Crippen molar-refractivity contribution in [2.24, 2.45) is 17.8 Å². The van der Waals surface area contributed by atoms with Crippen molar-refractivity contribution in [3.63, 3.8) is 0 Å². The summed E-state index contributed by atoms with van der Waals surface area (Å²) in [5, 5.41) is 0. The third kappa shape index (κ3) is 40.7. The van der Waals surface area contributed by atoms with E-state index in [1.54, 1.807) is 0 Å². The molecule has 0 heterocycles. The maximum absolute atomic E-state index is 12.4. The summed E-state index contributed by atoms with van der Waals surface area (Å²) in [6, 6.07) is 0. The van der Waals surface area contributed by atoms with Gasteiger partial charge in [-0.2, -0.15) is 0 Å². The van der Waals surface area contributed by atoms with Crippen LogP contribution >= 0.6 is 0 Å². The molecular weight excluding hydrogens is 731 g/mol. The van der Waals surface area contributed by atoms with Crippen molar-refractivity contribution < 1.29 is 23.8 Å². The van der Waals surface area contributed by atoms with Crippen LogP contribution in [0.2, 0.25) is 0 Å². The van der Waals surface area contributed by atoms with E-state index in [4.69, 9.17) is 14.2 Å². The summed E-state index contributed by atoms with van der Waals surface area (Å²) in [6.45, 7) is 20.0. The van der Waals surface area contributed by atoms with Gasteiger partial charge in [0.25, 0.3) is 0 Å². The molecule has 0 amide bonds. The number of esters is 2. The first-order chi connectivity index (χ1) is 28.9. The van der Waals surface area contributed by atoms with Crippen LogP contribution in [0.25, 0.3) is 0 Å². The standard InChI is InChI=1S/C53H105NO5/c1-7-13-23-33-50(34-24-14-8-2)42-47-58-52(55)39-29-21-17-19-27-37-49(41-46-57-45-32-31-44-54(11-5)12-6)38-28-20-18-22-30-40-53(56)59-48-43-51(35-25-15-9-3)36-26-16-10-4/h49-51H,7-48H2,1-6H3. The quantitative estimate of drug-likeness (QED) is 0.0449. The van der Waals surface area contributed by atoms with E-state index in [1.807, 2.05) is 0 Å². The number of hydrogen-bond donors (Lipinski definition) is 0. The highest BCUT2D eigenvalue weighted by atomic mass is 16.5. The fourth-order valence-electron chi connectivity index (χ4n) is 8.75. The Morgan fingerprint density at radius 1 is 0.356 bits per heavy atom. The molecule has 0 aliphatic carbocycles. The lowest BCUT2D eigenvalue weighted by molar-refractivity contribution is -0.145. The SMILES string of the molecule is CCCCCC(CCCCC)CCOC(=O)CCCCCCCC(CCCCCCCC(=O)OCCC(CCCCC)CCCCC)CCOCCCCN(CC)CC. The van der Waals surface area contributed by atoms with E-state index >= 15 is 0 Å². The number of unbranched alkanes of at least 4 members (excludes halogenated alkanes) is 17. The van der Waals surface area contributed by atoms with Crippen molar-refractivity contribution in [1.82, 2.24) is 4.90 Å². The van der Waals surface area contributed by atoms with Gasteiger partial charge in [-0.1, -0.05) is 208 Å². The molecule has 0 saturated heterocycles. The summed E-state index contributed by atoms with van der Waals surface area (Å²) in [5.74, 6) is 2.18. The van der Waals surface area contributed by atoms with Crippen molar-refractivity contribution in [3.05, 3.63) is 0 Å². The number of carbonyl (C=O) groups is 2. The Morgan fingerprint density at radius 2 is 0.695 bits per heavy atom. The first-order valence-corrected chi connectivity index (χ1v) is 26.5. The van der Waals surface area contributed by atoms with Crippen molar-refractivity contribution in [3.8, 4) is 0 Å². The number of nitrogens with zero attached hydrogens (tertiary/aromatic N) is 1. The van der Waals surface area contributed by atoms with Gasteiger partial charge in [-0.3, -0.25) is 9.59 Å². The molecule has 0 spiro atoms. The molecule has 6 heteroatoms. The van der Waals surface area contributed by atoms with E-state index in [2.05, 4.69) is 46.4 Å². The summed E-state index contributed by atoms with van der Waals surface area (Å²) in [4.78, 5) is 27.4. The Bertz CT molecular complexity index is 787. The van der Waals surface area contributed by atoms with Crippen molar-refractivity contribution >= 4 is 11.9 Å². The Kier molecular flexibility index (Phi) is 45.5. The molecule has 0 radical (unpaired) electrons. The van der Waals surface area contributed by atoms with Crippen LogP contribution in [0.4, 0.5) is 0 Å². The first kappa shape index (κ1) is 57.9. The predicted molar refractivity (Wildman–Crippen MR) is 255 cm³/mol. The number of rotatable bonds is 48. The average molecular weight is 836 g/mol. The van der Waals surface area contributed by atoms with Gasteiger partial charge in [-0.05, 0) is 82.3 Å². The lowest BCUT2D eigenvalue weighted by Gasteiger charge is -2.18. The minimum absolute atomic E-state index is 0.00797. The average Bonchev–Trinajstić information content (AvgIpc) is 3.23. The van der Waals surface area contributed by atoms with E-state index in [-0.39, 0.29) is 11.9 Å². The van der Waals surface area contributed by atoms with Crippen molar-refractivity contribution in [2.45, 2.75) is 266 Å². The van der Waals surface area contributed by atoms with Crippen LogP contribution in [0.3, 0.4) is 0 Å². The second-order valence-electron chi connectivity index (χ2n) is 18.3. The van der Waals surface area contributed by atoms with Gasteiger partial charge in [-0.15, -0.1) is 0 Å². The second kappa shape index (κ2) is 46.4. The topological polar surface area (TPSA) is 65.1 Å². The lowest BCUT2D eigenvalue weighted by Crippen LogP contribution is -2.24. The van der Waals surface area contributed by atoms with E-state index in [0.717, 1.165) is 77.2 Å². The van der Waals surface area contributed by atoms with Crippen molar-refractivity contribution in [1.29, 1.82) is 0 Å². The molecule has 0 atom stereocenters. The Labute approximate surface area is 369 Å². The summed E-state index contributed by atoms with van der Waals surface area (Å²) in [5.41, 5.74) is 0. The molecule has 0 aromatic heterocycles. The van der Waals surface area contributed by atoms with Gasteiger partial charge in [0, 0.05) is 26.1 Å². The predicted octanol–water partition coefficient (Wildman–Crippen LogP) is 16.0. The normalized spacial score (nSPS) is 11.8. The van der Waals surface area contributed by atoms with Gasteiger partial charge < -0.3 is 19.1 Å². The van der Waals surface area contributed by atoms with Crippen LogP contribution in [0, 0.1) is 17.8 Å². The van der Waals surface area contributed by atoms with Crippen LogP contribution in [0.1, 0.15) is 266 Å². The van der Waals surface area contributed by atoms with Crippen LogP contribution in [0.5, 0.6) is 0 Å². The van der Waals surface area contributed by atoms with Gasteiger partial charge in [-0.25, -0.2) is 0 Å². The fourth-order valence-corrected chi connectivity index (χ4v) is 8.75. The monoisotopic (exact) mass is 836 g/mol. The van der Waals surface area contributed by atoms with E-state index in [0.29, 0.717) is 37.9 Å². The summed E-state index contributed by atoms with van der Waals surface area (Å²) < 4.78 is 17.5. The maximum atomic E-state index is 12.4. The van der Waals surface area contributed by atoms with E-state index in [9.17, 15) is 9.59 Å². The second-order valence-corrected chi connectivity index (χ2v) is 18.3. The highest BCUT2D eigenvalue weighted by Crippen LogP contribution is 2.24. The molecule has 0 N–H and O–H groups in total. The maximum Gasteiger partial charge on any atom is 0.305 e. The van der Waals surface area contributed by atoms with Crippen molar-refractivity contribution in [2.75, 3.05) is 46.1 Å². The molecule has 0 saturated carbocycles. The minimum Gasteiger partial charge on any atom is -0.466 e. The molecular formula is C53H105NO5. The Hall–Kier alpha value is -1.14. The number of carbonyl (C=O) groups excluding carboxylic acids is 2. The Morgan fingerprint density at radius 3 is 1.07 bits per heavy atom. The van der Waals surface area contributed by atoms with Gasteiger partial charge >= 0.3 is 11.9 Å². The zero-order chi connectivity index (χ0) is 43.3. The fraction of sp³-hybridized carbons (Fsp3) is 0.962. The zero-order valence-electron chi connectivity index (χ0n) is 40.9. The van der Waals surface area contributed by atoms with Crippen LogP contribution < -0.4 is 0 Å². The summed E-state index contributed by atoms with van der Waals surface area (Å²) in [7, 11) is 0. The number of hydrogen-bond acceptors (Lipinski definition) is 6. The van der Waals surface area contributed by atoms with Crippen LogP contribution in [0.15, 0.2) is 0 Å². The highest BCUT2D eigenvalue weighted by molar-refractivity contribution is 5.69. The molecule has 6 nitrogen and oxygen atoms in total. The molecule has 0 aromatic rings. The molecule has 0 bridgehead atoms. The van der Waals surface area contributed by atoms with E-state index < -0.39 is 0 Å².